The molecule has 0 saturated carbocycles. The van der Waals surface area contributed by atoms with Gasteiger partial charge >= 0.3 is 0 Å². The van der Waals surface area contributed by atoms with Crippen LogP contribution in [0.2, 0.25) is 0 Å². The summed E-state index contributed by atoms with van der Waals surface area (Å²) in [5.74, 6) is 0.487. The van der Waals surface area contributed by atoms with Crippen molar-refractivity contribution in [2.75, 3.05) is 0 Å². The van der Waals surface area contributed by atoms with Gasteiger partial charge in [0.05, 0.1) is 6.20 Å². The van der Waals surface area contributed by atoms with E-state index in [0.717, 1.165) is 9.13 Å². The summed E-state index contributed by atoms with van der Waals surface area (Å²) in [6.07, 6.45) is 1.48. The summed E-state index contributed by atoms with van der Waals surface area (Å²) in [6, 6.07) is 7.70. The first-order valence-corrected chi connectivity index (χ1v) is 7.19. The van der Waals surface area contributed by atoms with Crippen LogP contribution in [0.15, 0.2) is 39.9 Å². The van der Waals surface area contributed by atoms with Gasteiger partial charge < -0.3 is 4.98 Å². The van der Waals surface area contributed by atoms with Crippen LogP contribution in [0.1, 0.15) is 0 Å². The number of aromatic nitrogens is 4. The highest BCUT2D eigenvalue weighted by molar-refractivity contribution is 14.1. The summed E-state index contributed by atoms with van der Waals surface area (Å²) in [6.45, 7) is 0. The molecule has 0 bridgehead atoms. The van der Waals surface area contributed by atoms with E-state index in [9.17, 15) is 4.79 Å². The standard InChI is InChI=1S/C12H6BrIN4O/c13-8-5-15-9-11(16-8)17-10(18-12(9)19)6-1-3-7(14)4-2-6/h1-5H,(H,16,17,18,19). The fourth-order valence-electron chi connectivity index (χ4n) is 1.64. The Morgan fingerprint density at radius 3 is 2.63 bits per heavy atom. The third-order valence-electron chi connectivity index (χ3n) is 2.51. The largest absolute Gasteiger partial charge is 0.305 e. The summed E-state index contributed by atoms with van der Waals surface area (Å²) in [7, 11) is 0. The normalized spacial score (nSPS) is 10.8. The van der Waals surface area contributed by atoms with Crippen LogP contribution < -0.4 is 5.56 Å². The molecule has 1 aromatic carbocycles. The molecule has 3 aromatic rings. The third-order valence-corrected chi connectivity index (χ3v) is 3.61. The third kappa shape index (κ3) is 2.52. The van der Waals surface area contributed by atoms with Crippen molar-refractivity contribution in [1.29, 1.82) is 0 Å². The lowest BCUT2D eigenvalue weighted by molar-refractivity contribution is 1.10. The second-order valence-corrected chi connectivity index (χ2v) is 5.84. The lowest BCUT2D eigenvalue weighted by Gasteiger charge is -2.02. The Balaban J connectivity index is 2.25. The summed E-state index contributed by atoms with van der Waals surface area (Å²) in [4.78, 5) is 27.2. The van der Waals surface area contributed by atoms with Crippen LogP contribution in [0.4, 0.5) is 0 Å². The van der Waals surface area contributed by atoms with Crippen molar-refractivity contribution in [3.63, 3.8) is 0 Å². The lowest BCUT2D eigenvalue weighted by atomic mass is 10.2. The van der Waals surface area contributed by atoms with E-state index >= 15 is 0 Å². The Morgan fingerprint density at radius 2 is 1.89 bits per heavy atom. The Morgan fingerprint density at radius 1 is 1.16 bits per heavy atom. The number of nitrogens with zero attached hydrogens (tertiary/aromatic N) is 3. The zero-order valence-corrected chi connectivity index (χ0v) is 13.1. The highest BCUT2D eigenvalue weighted by Gasteiger charge is 2.08. The number of benzene rings is 1. The molecule has 0 radical (unpaired) electrons. The molecule has 0 aliphatic heterocycles. The number of aromatic amines is 1. The van der Waals surface area contributed by atoms with Crippen LogP contribution in [0.3, 0.4) is 0 Å². The summed E-state index contributed by atoms with van der Waals surface area (Å²) in [5, 5.41) is 0. The Bertz CT molecular complexity index is 816. The number of H-pyrrole nitrogens is 1. The van der Waals surface area contributed by atoms with E-state index in [1.165, 1.54) is 6.20 Å². The zero-order valence-electron chi connectivity index (χ0n) is 9.39. The number of halogens is 2. The summed E-state index contributed by atoms with van der Waals surface area (Å²) < 4.78 is 1.67. The first-order chi connectivity index (χ1) is 9.13. The van der Waals surface area contributed by atoms with Gasteiger partial charge in [0.25, 0.3) is 5.56 Å². The second kappa shape index (κ2) is 4.97. The molecule has 0 spiro atoms. The topological polar surface area (TPSA) is 71.5 Å². The van der Waals surface area contributed by atoms with E-state index in [2.05, 4.69) is 58.5 Å². The first kappa shape index (κ1) is 12.7. The van der Waals surface area contributed by atoms with Crippen molar-refractivity contribution in [2.45, 2.75) is 0 Å². The Labute approximate surface area is 129 Å². The predicted octanol–water partition coefficient (Wildman–Crippen LogP) is 2.75. The first-order valence-electron chi connectivity index (χ1n) is 5.32. The molecule has 19 heavy (non-hydrogen) atoms. The molecule has 94 valence electrons. The van der Waals surface area contributed by atoms with E-state index in [0.29, 0.717) is 16.1 Å². The van der Waals surface area contributed by atoms with Crippen LogP contribution in [0.25, 0.3) is 22.6 Å². The average Bonchev–Trinajstić information content (AvgIpc) is 2.38. The molecule has 0 aliphatic carbocycles. The number of hydrogen-bond donors (Lipinski definition) is 1. The lowest BCUT2D eigenvalue weighted by Crippen LogP contribution is -2.12. The highest BCUT2D eigenvalue weighted by atomic mass is 127. The minimum Gasteiger partial charge on any atom is -0.305 e. The molecule has 7 heteroatoms. The van der Waals surface area contributed by atoms with Crippen LogP contribution in [0, 0.1) is 3.57 Å². The molecule has 0 amide bonds. The second-order valence-electron chi connectivity index (χ2n) is 3.79. The van der Waals surface area contributed by atoms with E-state index in [1.807, 2.05) is 24.3 Å². The van der Waals surface area contributed by atoms with Gasteiger partial charge in [-0.15, -0.1) is 0 Å². The van der Waals surface area contributed by atoms with Gasteiger partial charge in [-0.25, -0.2) is 15.0 Å². The molecule has 0 aliphatic rings. The van der Waals surface area contributed by atoms with Gasteiger partial charge in [-0.2, -0.15) is 0 Å². The molecule has 0 atom stereocenters. The SMILES string of the molecule is O=c1[nH]c(-c2ccc(I)cc2)nc2nc(Br)cnc12. The number of rotatable bonds is 1. The molecule has 5 nitrogen and oxygen atoms in total. The molecule has 0 fully saturated rings. The predicted molar refractivity (Wildman–Crippen MR) is 83.8 cm³/mol. The minimum atomic E-state index is -0.293. The number of hydrogen-bond acceptors (Lipinski definition) is 4. The number of fused-ring (bicyclic) bond motifs is 1. The van der Waals surface area contributed by atoms with Gasteiger partial charge in [-0.3, -0.25) is 4.79 Å². The molecule has 1 N–H and O–H groups in total. The fraction of sp³-hybridized carbons (Fsp3) is 0. The van der Waals surface area contributed by atoms with Crippen molar-refractivity contribution in [1.82, 2.24) is 19.9 Å². The summed E-state index contributed by atoms with van der Waals surface area (Å²) >= 11 is 5.44. The van der Waals surface area contributed by atoms with E-state index < -0.39 is 0 Å². The smallest absolute Gasteiger partial charge is 0.279 e. The van der Waals surface area contributed by atoms with E-state index in [4.69, 9.17) is 0 Å². The van der Waals surface area contributed by atoms with Crippen LogP contribution >= 0.6 is 38.5 Å². The summed E-state index contributed by atoms with van der Waals surface area (Å²) in [5.41, 5.74) is 1.10. The maximum Gasteiger partial charge on any atom is 0.279 e. The van der Waals surface area contributed by atoms with Crippen LogP contribution in [-0.4, -0.2) is 19.9 Å². The van der Waals surface area contributed by atoms with Gasteiger partial charge in [-0.05, 0) is 50.7 Å². The van der Waals surface area contributed by atoms with E-state index in [-0.39, 0.29) is 11.1 Å². The Hall–Kier alpha value is -1.35. The fourth-order valence-corrected chi connectivity index (χ4v) is 2.27. The van der Waals surface area contributed by atoms with Crippen LogP contribution in [0.5, 0.6) is 0 Å². The average molecular weight is 429 g/mol. The van der Waals surface area contributed by atoms with Gasteiger partial charge in [0.15, 0.2) is 11.2 Å². The molecular formula is C12H6BrIN4O. The molecular weight excluding hydrogens is 423 g/mol. The molecule has 0 unspecified atom stereocenters. The highest BCUT2D eigenvalue weighted by Crippen LogP contribution is 2.17. The molecule has 2 aromatic heterocycles. The van der Waals surface area contributed by atoms with Gasteiger partial charge in [0, 0.05) is 9.13 Å². The molecule has 2 heterocycles. The van der Waals surface area contributed by atoms with Gasteiger partial charge in [0.2, 0.25) is 0 Å². The van der Waals surface area contributed by atoms with Crippen molar-refractivity contribution in [2.24, 2.45) is 0 Å². The van der Waals surface area contributed by atoms with Crippen molar-refractivity contribution >= 4 is 49.7 Å². The Kier molecular flexibility index (Phi) is 3.31. The maximum atomic E-state index is 11.9. The monoisotopic (exact) mass is 428 g/mol. The van der Waals surface area contributed by atoms with Crippen LogP contribution in [-0.2, 0) is 0 Å². The van der Waals surface area contributed by atoms with Gasteiger partial charge in [0.1, 0.15) is 10.4 Å². The minimum absolute atomic E-state index is 0.234. The van der Waals surface area contributed by atoms with Crippen molar-refractivity contribution in [3.8, 4) is 11.4 Å². The van der Waals surface area contributed by atoms with Crippen molar-refractivity contribution in [3.05, 3.63) is 49.0 Å². The molecule has 3 rings (SSSR count). The quantitative estimate of drug-likeness (QED) is 0.605. The maximum absolute atomic E-state index is 11.9. The van der Waals surface area contributed by atoms with Crippen molar-refractivity contribution < 1.29 is 0 Å². The van der Waals surface area contributed by atoms with Gasteiger partial charge in [-0.1, -0.05) is 12.1 Å². The van der Waals surface area contributed by atoms with E-state index in [1.54, 1.807) is 0 Å². The molecule has 0 saturated heterocycles. The zero-order chi connectivity index (χ0) is 13.4. The number of nitrogens with one attached hydrogen (secondary N) is 1.